The fraction of sp³-hybridized carbons (Fsp3) is 0.0213. The molecule has 53 heavy (non-hydrogen) atoms. The van der Waals surface area contributed by atoms with Crippen LogP contribution in [0.4, 0.5) is 11.4 Å². The molecular formula is C47H26N5O+3. The van der Waals surface area contributed by atoms with E-state index >= 15 is 0 Å². The minimum Gasteiger partial charge on any atom is -0.412 e. The van der Waals surface area contributed by atoms with Crippen LogP contribution in [-0.4, -0.2) is 9.13 Å². The third kappa shape index (κ3) is 2.38. The predicted octanol–water partition coefficient (Wildman–Crippen LogP) is 9.43. The van der Waals surface area contributed by atoms with Crippen LogP contribution in [0.3, 0.4) is 0 Å². The van der Waals surface area contributed by atoms with Gasteiger partial charge in [-0.1, -0.05) is 78.9 Å². The summed E-state index contributed by atoms with van der Waals surface area (Å²) >= 11 is 0. The van der Waals surface area contributed by atoms with E-state index in [-0.39, 0.29) is 0 Å². The Morgan fingerprint density at radius 3 is 2.09 bits per heavy atom. The normalized spacial score (nSPS) is 17.8. The summed E-state index contributed by atoms with van der Waals surface area (Å²) in [5, 5.41) is 4.99. The second-order valence-electron chi connectivity index (χ2n) is 15.0. The molecule has 6 aromatic carbocycles. The van der Waals surface area contributed by atoms with E-state index in [1.54, 1.807) is 0 Å². The molecular weight excluding hydrogens is 651 g/mol. The average molecular weight is 677 g/mol. The van der Waals surface area contributed by atoms with Crippen LogP contribution in [0.25, 0.3) is 66.4 Å². The van der Waals surface area contributed by atoms with E-state index in [1.165, 1.54) is 88.5 Å². The molecule has 0 bridgehead atoms. The number of pyridine rings is 2. The van der Waals surface area contributed by atoms with Crippen LogP contribution in [-0.2, 0) is 5.41 Å². The number of para-hydroxylation sites is 3. The first-order chi connectivity index (χ1) is 26.3. The number of rotatable bonds is 0. The SMILES string of the molecule is c1ccc2c(c1)-c1ccccc1C21c2ccc3c4c2-n2c5c1cccc5c1ccc[n+](c12)[N+]41c2cccc4c5ccccc5n(c24)-c2cccc([n+]21)O3. The first-order valence-electron chi connectivity index (χ1n) is 18.4. The summed E-state index contributed by atoms with van der Waals surface area (Å²) in [4.78, 5) is 0. The molecule has 5 aliphatic rings. The first kappa shape index (κ1) is 25.9. The molecule has 6 nitrogen and oxygen atoms in total. The van der Waals surface area contributed by atoms with Gasteiger partial charge in [-0.05, 0) is 81.5 Å². The van der Waals surface area contributed by atoms with E-state index < -0.39 is 5.41 Å². The molecule has 1 atom stereocenters. The largest absolute Gasteiger partial charge is 0.412 e. The number of benzene rings is 6. The van der Waals surface area contributed by atoms with Gasteiger partial charge in [-0.15, -0.1) is 0 Å². The smallest absolute Gasteiger partial charge is 0.350 e. The maximum absolute atomic E-state index is 7.14. The van der Waals surface area contributed by atoms with Crippen molar-refractivity contribution in [2.24, 2.45) is 0 Å². The Hall–Kier alpha value is -7.02. The number of hydrogen-bond donors (Lipinski definition) is 0. The van der Waals surface area contributed by atoms with Gasteiger partial charge in [0.05, 0.1) is 15.5 Å². The van der Waals surface area contributed by atoms with Crippen LogP contribution in [0.15, 0.2) is 158 Å². The molecule has 0 saturated carbocycles. The van der Waals surface area contributed by atoms with E-state index in [9.17, 15) is 0 Å². The van der Waals surface area contributed by atoms with Crippen molar-refractivity contribution in [3.8, 4) is 34.3 Å². The first-order valence-corrected chi connectivity index (χ1v) is 18.4. The Bertz CT molecular complexity index is 3410. The molecule has 4 aromatic heterocycles. The Morgan fingerprint density at radius 1 is 0.528 bits per heavy atom. The third-order valence-corrected chi connectivity index (χ3v) is 13.1. The van der Waals surface area contributed by atoms with Gasteiger partial charge < -0.3 is 4.74 Å². The van der Waals surface area contributed by atoms with E-state index in [0.29, 0.717) is 4.70 Å². The minimum absolute atomic E-state index is 0.306. The topological polar surface area (TPSA) is 26.8 Å². The lowest BCUT2D eigenvalue weighted by atomic mass is 9.65. The summed E-state index contributed by atoms with van der Waals surface area (Å²) in [5.41, 5.74) is 15.7. The van der Waals surface area contributed by atoms with Crippen molar-refractivity contribution < 1.29 is 14.1 Å². The van der Waals surface area contributed by atoms with Gasteiger partial charge in [0.2, 0.25) is 17.0 Å². The zero-order valence-electron chi connectivity index (χ0n) is 28.2. The summed E-state index contributed by atoms with van der Waals surface area (Å²) < 4.78 is 17.4. The van der Waals surface area contributed by atoms with Crippen molar-refractivity contribution in [1.29, 1.82) is 0 Å². The summed E-state index contributed by atoms with van der Waals surface area (Å²) in [6.07, 6.45) is 2.28. The number of quaternary nitrogens is 1. The zero-order valence-corrected chi connectivity index (χ0v) is 28.2. The third-order valence-electron chi connectivity index (χ3n) is 13.1. The highest BCUT2D eigenvalue weighted by atomic mass is 16.5. The molecule has 15 rings (SSSR count). The molecule has 0 N–H and O–H groups in total. The van der Waals surface area contributed by atoms with Gasteiger partial charge in [0, 0.05) is 50.2 Å². The van der Waals surface area contributed by atoms with Crippen LogP contribution < -0.4 is 18.8 Å². The Labute approximate surface area is 302 Å². The molecule has 1 aliphatic carbocycles. The van der Waals surface area contributed by atoms with E-state index in [0.717, 1.165) is 23.1 Å². The average Bonchev–Trinajstić information content (AvgIpc) is 3.84. The summed E-state index contributed by atoms with van der Waals surface area (Å²) in [6.45, 7) is 0. The summed E-state index contributed by atoms with van der Waals surface area (Å²) in [5.74, 6) is 2.73. The van der Waals surface area contributed by atoms with Gasteiger partial charge in [-0.2, -0.15) is 9.13 Å². The Kier molecular flexibility index (Phi) is 3.93. The second kappa shape index (κ2) is 8.05. The van der Waals surface area contributed by atoms with E-state index in [4.69, 9.17) is 4.74 Å². The maximum Gasteiger partial charge on any atom is 0.350 e. The minimum atomic E-state index is -0.533. The number of ether oxygens (including phenoxy) is 1. The number of nitrogens with zero attached hydrogens (tertiary/aromatic N) is 5. The quantitative estimate of drug-likeness (QED) is 0.116. The maximum atomic E-state index is 7.14. The molecule has 0 saturated heterocycles. The monoisotopic (exact) mass is 676 g/mol. The lowest BCUT2D eigenvalue weighted by Gasteiger charge is -2.42. The van der Waals surface area contributed by atoms with Gasteiger partial charge in [-0.25, -0.2) is 0 Å². The second-order valence-corrected chi connectivity index (χ2v) is 15.0. The van der Waals surface area contributed by atoms with Crippen molar-refractivity contribution in [2.75, 3.05) is 0 Å². The van der Waals surface area contributed by atoms with Crippen molar-refractivity contribution in [3.63, 3.8) is 0 Å². The van der Waals surface area contributed by atoms with E-state index in [1.807, 2.05) is 0 Å². The van der Waals surface area contributed by atoms with Crippen LogP contribution in [0.1, 0.15) is 22.3 Å². The van der Waals surface area contributed by atoms with Crippen molar-refractivity contribution >= 4 is 55.1 Å². The number of aromatic nitrogens is 4. The molecule has 242 valence electrons. The van der Waals surface area contributed by atoms with Gasteiger partial charge >= 0.3 is 23.0 Å². The fourth-order valence-electron chi connectivity index (χ4n) is 11.5. The standard InChI is InChI=1S/C47H26N5O/c1-4-17-33-27(11-1)28-12-2-5-18-34(28)47(33)35-19-7-14-31-32-16-10-26-48-46(32)50(42(31)35)44-36(47)24-25-39-45(44)52(48)38-21-8-15-30-29-13-3-6-20-37(29)49(43(30)38)40-22-9-23-41(53-39)51(40)52/h1-26H/q+3. The van der Waals surface area contributed by atoms with E-state index in [2.05, 4.69) is 176 Å². The molecule has 4 aliphatic heterocycles. The predicted molar refractivity (Wildman–Crippen MR) is 205 cm³/mol. The van der Waals surface area contributed by atoms with Crippen LogP contribution in [0, 0.1) is 0 Å². The Morgan fingerprint density at radius 2 is 1.23 bits per heavy atom. The van der Waals surface area contributed by atoms with Crippen LogP contribution in [0.2, 0.25) is 0 Å². The highest BCUT2D eigenvalue weighted by Crippen LogP contribution is 2.65. The van der Waals surface area contributed by atoms with Crippen molar-refractivity contribution in [2.45, 2.75) is 5.41 Å². The number of hydrogen-bond acceptors (Lipinski definition) is 1. The molecule has 6 heteroatoms. The number of fused-ring (bicyclic) bond motifs is 12. The Balaban J connectivity index is 1.26. The molecule has 0 amide bonds. The lowest BCUT2D eigenvalue weighted by Crippen LogP contribution is -2.87. The molecule has 10 aromatic rings. The molecule has 0 radical (unpaired) electrons. The summed E-state index contributed by atoms with van der Waals surface area (Å²) in [6, 6.07) is 56.5. The van der Waals surface area contributed by atoms with Crippen LogP contribution in [0.5, 0.6) is 11.6 Å². The van der Waals surface area contributed by atoms with Gasteiger partial charge in [-0.3, -0.25) is 0 Å². The lowest BCUT2D eigenvalue weighted by molar-refractivity contribution is -1.03. The van der Waals surface area contributed by atoms with Gasteiger partial charge in [0.25, 0.3) is 5.69 Å². The molecule has 1 unspecified atom stereocenters. The van der Waals surface area contributed by atoms with Gasteiger partial charge in [0.1, 0.15) is 11.0 Å². The van der Waals surface area contributed by atoms with Crippen molar-refractivity contribution in [1.82, 2.24) is 13.8 Å². The highest BCUT2D eigenvalue weighted by molar-refractivity contribution is 6.15. The molecule has 2 spiro atoms. The summed E-state index contributed by atoms with van der Waals surface area (Å²) in [7, 11) is 0. The molecule has 8 heterocycles. The van der Waals surface area contributed by atoms with Crippen LogP contribution >= 0.6 is 0 Å². The van der Waals surface area contributed by atoms with Gasteiger partial charge in [0.15, 0.2) is 6.20 Å². The zero-order chi connectivity index (χ0) is 33.9. The fourth-order valence-corrected chi connectivity index (χ4v) is 11.5. The highest BCUT2D eigenvalue weighted by Gasteiger charge is 2.68. The van der Waals surface area contributed by atoms with Crippen molar-refractivity contribution in [3.05, 3.63) is 180 Å². The molecule has 0 fully saturated rings.